The Bertz CT molecular complexity index is 519. The van der Waals surface area contributed by atoms with Gasteiger partial charge >= 0.3 is 5.97 Å². The maximum absolute atomic E-state index is 10.7. The summed E-state index contributed by atoms with van der Waals surface area (Å²) < 4.78 is 1.50. The lowest BCUT2D eigenvalue weighted by Crippen LogP contribution is -1.97. The molecule has 0 radical (unpaired) electrons. The molecule has 1 N–H and O–H groups in total. The molecule has 2 aromatic heterocycles. The average molecular weight is 211 g/mol. The molecule has 72 valence electrons. The molecule has 14 heavy (non-hydrogen) atoms. The number of halogens is 1. The van der Waals surface area contributed by atoms with E-state index in [0.717, 1.165) is 11.1 Å². The molecule has 0 aliphatic rings. The van der Waals surface area contributed by atoms with Crippen LogP contribution < -0.4 is 0 Å². The smallest absolute Gasteiger partial charge is 0.356 e. The van der Waals surface area contributed by atoms with Gasteiger partial charge in [0.1, 0.15) is 0 Å². The lowest BCUT2D eigenvalue weighted by Gasteiger charge is -1.98. The summed E-state index contributed by atoms with van der Waals surface area (Å²) in [5.74, 6) is -1.04. The highest BCUT2D eigenvalue weighted by Gasteiger charge is 2.10. The molecule has 2 aromatic rings. The number of fused-ring (bicyclic) bond motifs is 1. The molecule has 0 amide bonds. The molecule has 0 bridgehead atoms. The normalized spacial score (nSPS) is 10.7. The van der Waals surface area contributed by atoms with E-state index in [9.17, 15) is 4.79 Å². The maximum atomic E-state index is 10.7. The van der Waals surface area contributed by atoms with Gasteiger partial charge < -0.3 is 5.11 Å². The van der Waals surface area contributed by atoms with Gasteiger partial charge in [0, 0.05) is 11.2 Å². The average Bonchev–Trinajstić information content (AvgIpc) is 2.56. The Labute approximate surface area is 84.7 Å². The number of carboxylic acids is 1. The zero-order valence-corrected chi connectivity index (χ0v) is 8.12. The Morgan fingerprint density at radius 3 is 3.00 bits per heavy atom. The Morgan fingerprint density at radius 1 is 1.64 bits per heavy atom. The molecule has 0 fully saturated rings. The largest absolute Gasteiger partial charge is 0.476 e. The number of aryl methyl sites for hydroxylation is 1. The number of carbonyl (C=O) groups is 1. The molecule has 4 nitrogen and oxygen atoms in total. The highest BCUT2D eigenvalue weighted by Crippen LogP contribution is 2.20. The van der Waals surface area contributed by atoms with Gasteiger partial charge in [-0.1, -0.05) is 11.6 Å². The van der Waals surface area contributed by atoms with Crippen LogP contribution in [-0.2, 0) is 0 Å². The first-order chi connectivity index (χ1) is 6.59. The summed E-state index contributed by atoms with van der Waals surface area (Å²) in [5, 5.41) is 13.2. The summed E-state index contributed by atoms with van der Waals surface area (Å²) in [5.41, 5.74) is 1.57. The second-order valence-electron chi connectivity index (χ2n) is 2.95. The molecule has 0 aliphatic heterocycles. The number of aromatic nitrogens is 2. The van der Waals surface area contributed by atoms with Crippen LogP contribution in [0.3, 0.4) is 0 Å². The van der Waals surface area contributed by atoms with E-state index >= 15 is 0 Å². The molecular formula is C9H7ClN2O2. The summed E-state index contributed by atoms with van der Waals surface area (Å²) in [4.78, 5) is 10.7. The maximum Gasteiger partial charge on any atom is 0.356 e. The number of carboxylic acid groups (broad SMARTS) is 1. The summed E-state index contributed by atoms with van der Waals surface area (Å²) in [6, 6.07) is 3.19. The standard InChI is InChI=1S/C9H7ClN2O2/c1-5-6(10)2-3-12-8(5)4-7(11-12)9(13)14/h2-4H,1H3,(H,13,14). The van der Waals surface area contributed by atoms with Crippen molar-refractivity contribution in [3.05, 3.63) is 34.6 Å². The summed E-state index contributed by atoms with van der Waals surface area (Å²) in [7, 11) is 0. The second-order valence-corrected chi connectivity index (χ2v) is 3.36. The predicted octanol–water partition coefficient (Wildman–Crippen LogP) is 1.99. The van der Waals surface area contributed by atoms with Crippen molar-refractivity contribution in [2.45, 2.75) is 6.92 Å². The molecule has 0 aliphatic carbocycles. The van der Waals surface area contributed by atoms with E-state index in [1.54, 1.807) is 12.3 Å². The zero-order chi connectivity index (χ0) is 10.3. The van der Waals surface area contributed by atoms with Crippen LogP contribution in [0.1, 0.15) is 16.1 Å². The Hall–Kier alpha value is -1.55. The molecule has 0 atom stereocenters. The molecule has 5 heteroatoms. The number of rotatable bonds is 1. The van der Waals surface area contributed by atoms with Crippen molar-refractivity contribution < 1.29 is 9.90 Å². The quantitative estimate of drug-likeness (QED) is 0.783. The van der Waals surface area contributed by atoms with Gasteiger partial charge in [0.2, 0.25) is 0 Å². The second kappa shape index (κ2) is 2.99. The van der Waals surface area contributed by atoms with Crippen molar-refractivity contribution in [1.82, 2.24) is 9.61 Å². The van der Waals surface area contributed by atoms with Crippen LogP contribution in [0.25, 0.3) is 5.52 Å². The summed E-state index contributed by atoms with van der Waals surface area (Å²) in [6.07, 6.45) is 1.64. The number of hydrogen-bond acceptors (Lipinski definition) is 2. The van der Waals surface area contributed by atoms with E-state index in [4.69, 9.17) is 16.7 Å². The van der Waals surface area contributed by atoms with E-state index in [2.05, 4.69) is 5.10 Å². The van der Waals surface area contributed by atoms with Crippen molar-refractivity contribution in [3.8, 4) is 0 Å². The van der Waals surface area contributed by atoms with E-state index in [1.165, 1.54) is 10.6 Å². The highest BCUT2D eigenvalue weighted by atomic mass is 35.5. The first-order valence-electron chi connectivity index (χ1n) is 3.97. The topological polar surface area (TPSA) is 54.6 Å². The van der Waals surface area contributed by atoms with Crippen molar-refractivity contribution in [2.75, 3.05) is 0 Å². The van der Waals surface area contributed by atoms with Gasteiger partial charge in [-0.25, -0.2) is 9.31 Å². The predicted molar refractivity (Wildman–Crippen MR) is 51.9 cm³/mol. The van der Waals surface area contributed by atoms with E-state index in [-0.39, 0.29) is 5.69 Å². The van der Waals surface area contributed by atoms with Crippen LogP contribution >= 0.6 is 11.6 Å². The van der Waals surface area contributed by atoms with Crippen molar-refractivity contribution in [1.29, 1.82) is 0 Å². The first-order valence-corrected chi connectivity index (χ1v) is 4.35. The van der Waals surface area contributed by atoms with E-state index in [0.29, 0.717) is 5.02 Å². The minimum Gasteiger partial charge on any atom is -0.476 e. The van der Waals surface area contributed by atoms with Crippen LogP contribution in [-0.4, -0.2) is 20.7 Å². The van der Waals surface area contributed by atoms with Gasteiger partial charge in [0.05, 0.1) is 5.52 Å². The van der Waals surface area contributed by atoms with Crippen molar-refractivity contribution >= 4 is 23.1 Å². The minimum atomic E-state index is -1.04. The van der Waals surface area contributed by atoms with E-state index < -0.39 is 5.97 Å². The van der Waals surface area contributed by atoms with Gasteiger partial charge in [-0.3, -0.25) is 0 Å². The Balaban J connectivity index is 2.77. The van der Waals surface area contributed by atoms with Gasteiger partial charge in [0.25, 0.3) is 0 Å². The molecule has 0 saturated heterocycles. The molecule has 0 unspecified atom stereocenters. The monoisotopic (exact) mass is 210 g/mol. The van der Waals surface area contributed by atoms with Crippen LogP contribution in [0.2, 0.25) is 5.02 Å². The molecule has 0 saturated carbocycles. The zero-order valence-electron chi connectivity index (χ0n) is 7.36. The number of pyridine rings is 1. The third kappa shape index (κ3) is 1.24. The lowest BCUT2D eigenvalue weighted by atomic mass is 10.2. The third-order valence-electron chi connectivity index (χ3n) is 2.06. The Kier molecular flexibility index (Phi) is 1.93. The van der Waals surface area contributed by atoms with Gasteiger partial charge in [0.15, 0.2) is 5.69 Å². The van der Waals surface area contributed by atoms with Crippen molar-refractivity contribution in [3.63, 3.8) is 0 Å². The molecule has 0 aromatic carbocycles. The molecular weight excluding hydrogens is 204 g/mol. The molecule has 0 spiro atoms. The fraction of sp³-hybridized carbons (Fsp3) is 0.111. The first kappa shape index (κ1) is 9.02. The van der Waals surface area contributed by atoms with Crippen LogP contribution in [0.5, 0.6) is 0 Å². The van der Waals surface area contributed by atoms with Crippen LogP contribution in [0.15, 0.2) is 18.3 Å². The summed E-state index contributed by atoms with van der Waals surface area (Å²) in [6.45, 7) is 1.82. The Morgan fingerprint density at radius 2 is 2.36 bits per heavy atom. The van der Waals surface area contributed by atoms with Gasteiger partial charge in [-0.05, 0) is 24.6 Å². The van der Waals surface area contributed by atoms with E-state index in [1.807, 2.05) is 6.92 Å². The SMILES string of the molecule is Cc1c(Cl)ccn2nc(C(=O)O)cc12. The number of aromatic carboxylic acids is 1. The van der Waals surface area contributed by atoms with Crippen molar-refractivity contribution in [2.24, 2.45) is 0 Å². The van der Waals surface area contributed by atoms with Gasteiger partial charge in [-0.15, -0.1) is 0 Å². The third-order valence-corrected chi connectivity index (χ3v) is 2.47. The highest BCUT2D eigenvalue weighted by molar-refractivity contribution is 6.31. The fourth-order valence-corrected chi connectivity index (χ4v) is 1.43. The summed E-state index contributed by atoms with van der Waals surface area (Å²) >= 11 is 5.89. The molecule has 2 heterocycles. The van der Waals surface area contributed by atoms with Crippen LogP contribution in [0.4, 0.5) is 0 Å². The molecule has 2 rings (SSSR count). The lowest BCUT2D eigenvalue weighted by molar-refractivity contribution is 0.0690. The van der Waals surface area contributed by atoms with Crippen LogP contribution in [0, 0.1) is 6.92 Å². The number of hydrogen-bond donors (Lipinski definition) is 1. The minimum absolute atomic E-state index is 0.0235. The number of nitrogens with zero attached hydrogens (tertiary/aromatic N) is 2. The fourth-order valence-electron chi connectivity index (χ4n) is 1.28. The van der Waals surface area contributed by atoms with Gasteiger partial charge in [-0.2, -0.15) is 5.10 Å².